The minimum absolute atomic E-state index is 0.359. The van der Waals surface area contributed by atoms with E-state index in [1.165, 1.54) is 25.7 Å². The van der Waals surface area contributed by atoms with Crippen molar-refractivity contribution in [2.24, 2.45) is 11.8 Å². The monoisotopic (exact) mass is 269 g/mol. The van der Waals surface area contributed by atoms with Crippen molar-refractivity contribution in [3.05, 3.63) is 36.4 Å². The zero-order valence-corrected chi connectivity index (χ0v) is 12.1. The standard InChI is InChI=1S/C18H23NO/c1-13-5-2-6-14(11-13)12-19-17-9-3-8-16-15(17)7-4-10-18(16)20/h3-4,7-10,13-14,19-20H,2,5-6,11-12H2,1H3. The Morgan fingerprint density at radius 2 is 1.90 bits per heavy atom. The first-order valence-corrected chi connectivity index (χ1v) is 7.68. The molecule has 1 aliphatic rings. The van der Waals surface area contributed by atoms with Gasteiger partial charge in [-0.3, -0.25) is 0 Å². The van der Waals surface area contributed by atoms with E-state index in [0.717, 1.165) is 34.8 Å². The van der Waals surface area contributed by atoms with Crippen LogP contribution in [0.3, 0.4) is 0 Å². The number of phenolic OH excluding ortho intramolecular Hbond substituents is 1. The van der Waals surface area contributed by atoms with Crippen LogP contribution in [0, 0.1) is 11.8 Å². The van der Waals surface area contributed by atoms with E-state index < -0.39 is 0 Å². The molecule has 1 fully saturated rings. The first-order chi connectivity index (χ1) is 9.74. The average Bonchev–Trinajstić information content (AvgIpc) is 2.46. The highest BCUT2D eigenvalue weighted by atomic mass is 16.3. The predicted molar refractivity (Wildman–Crippen MR) is 85.2 cm³/mol. The lowest BCUT2D eigenvalue weighted by Crippen LogP contribution is -2.21. The largest absolute Gasteiger partial charge is 0.507 e. The van der Waals surface area contributed by atoms with Crippen LogP contribution in [-0.2, 0) is 0 Å². The molecule has 0 amide bonds. The molecule has 0 bridgehead atoms. The van der Waals surface area contributed by atoms with Gasteiger partial charge in [0.2, 0.25) is 0 Å². The fraction of sp³-hybridized carbons (Fsp3) is 0.444. The van der Waals surface area contributed by atoms with E-state index in [1.54, 1.807) is 6.07 Å². The first-order valence-electron chi connectivity index (χ1n) is 7.68. The molecule has 1 aliphatic carbocycles. The molecule has 106 valence electrons. The number of hydrogen-bond donors (Lipinski definition) is 2. The maximum atomic E-state index is 9.92. The lowest BCUT2D eigenvalue weighted by atomic mass is 9.82. The van der Waals surface area contributed by atoms with E-state index in [-0.39, 0.29) is 0 Å². The number of fused-ring (bicyclic) bond motifs is 1. The van der Waals surface area contributed by atoms with Crippen molar-refractivity contribution in [2.45, 2.75) is 32.6 Å². The molecule has 0 aromatic heterocycles. The number of nitrogens with one attached hydrogen (secondary N) is 1. The minimum Gasteiger partial charge on any atom is -0.507 e. The fourth-order valence-corrected chi connectivity index (χ4v) is 3.45. The van der Waals surface area contributed by atoms with Crippen LogP contribution < -0.4 is 5.32 Å². The summed E-state index contributed by atoms with van der Waals surface area (Å²) in [6, 6.07) is 11.8. The molecule has 2 N–H and O–H groups in total. The average molecular weight is 269 g/mol. The number of phenols is 1. The van der Waals surface area contributed by atoms with Gasteiger partial charge in [0.25, 0.3) is 0 Å². The zero-order chi connectivity index (χ0) is 13.9. The van der Waals surface area contributed by atoms with Gasteiger partial charge in [0, 0.05) is 23.0 Å². The molecule has 2 aromatic carbocycles. The van der Waals surface area contributed by atoms with Gasteiger partial charge >= 0.3 is 0 Å². The quantitative estimate of drug-likeness (QED) is 0.840. The van der Waals surface area contributed by atoms with Crippen LogP contribution in [0.1, 0.15) is 32.6 Å². The van der Waals surface area contributed by atoms with Crippen molar-refractivity contribution in [3.63, 3.8) is 0 Å². The summed E-state index contributed by atoms with van der Waals surface area (Å²) in [6.07, 6.45) is 5.43. The Hall–Kier alpha value is -1.70. The van der Waals surface area contributed by atoms with Crippen LogP contribution in [0.4, 0.5) is 5.69 Å². The molecule has 2 unspecified atom stereocenters. The summed E-state index contributed by atoms with van der Waals surface area (Å²) in [5.41, 5.74) is 1.14. The Morgan fingerprint density at radius 1 is 1.10 bits per heavy atom. The molecule has 0 saturated heterocycles. The summed E-state index contributed by atoms with van der Waals surface area (Å²) in [5, 5.41) is 15.5. The zero-order valence-electron chi connectivity index (χ0n) is 12.1. The van der Waals surface area contributed by atoms with Gasteiger partial charge in [-0.15, -0.1) is 0 Å². The van der Waals surface area contributed by atoms with E-state index >= 15 is 0 Å². The Bertz CT molecular complexity index is 593. The fourth-order valence-electron chi connectivity index (χ4n) is 3.45. The van der Waals surface area contributed by atoms with E-state index in [4.69, 9.17) is 0 Å². The van der Waals surface area contributed by atoms with Gasteiger partial charge in [-0.1, -0.05) is 44.0 Å². The number of benzene rings is 2. The highest BCUT2D eigenvalue weighted by Crippen LogP contribution is 2.32. The van der Waals surface area contributed by atoms with Gasteiger partial charge in [0.15, 0.2) is 0 Å². The molecule has 0 spiro atoms. The number of aromatic hydroxyl groups is 1. The van der Waals surface area contributed by atoms with E-state index in [0.29, 0.717) is 5.75 Å². The summed E-state index contributed by atoms with van der Waals surface area (Å²) in [7, 11) is 0. The summed E-state index contributed by atoms with van der Waals surface area (Å²) in [4.78, 5) is 0. The number of hydrogen-bond acceptors (Lipinski definition) is 2. The van der Waals surface area contributed by atoms with Gasteiger partial charge in [-0.05, 0) is 36.8 Å². The molecule has 0 aliphatic heterocycles. The van der Waals surface area contributed by atoms with Crippen molar-refractivity contribution in [1.82, 2.24) is 0 Å². The van der Waals surface area contributed by atoms with Crippen LogP contribution in [0.15, 0.2) is 36.4 Å². The summed E-state index contributed by atoms with van der Waals surface area (Å²) in [6.45, 7) is 3.40. The molecule has 2 atom stereocenters. The Kier molecular flexibility index (Phi) is 3.81. The lowest BCUT2D eigenvalue weighted by Gasteiger charge is -2.27. The van der Waals surface area contributed by atoms with Crippen LogP contribution >= 0.6 is 0 Å². The molecular formula is C18H23NO. The van der Waals surface area contributed by atoms with Crippen molar-refractivity contribution in [2.75, 3.05) is 11.9 Å². The highest BCUT2D eigenvalue weighted by Gasteiger charge is 2.18. The van der Waals surface area contributed by atoms with E-state index in [9.17, 15) is 5.11 Å². The number of rotatable bonds is 3. The third-order valence-electron chi connectivity index (χ3n) is 4.53. The second kappa shape index (κ2) is 5.74. The Morgan fingerprint density at radius 3 is 2.75 bits per heavy atom. The molecule has 0 radical (unpaired) electrons. The molecule has 2 aromatic rings. The number of anilines is 1. The normalized spacial score (nSPS) is 22.9. The molecule has 3 rings (SSSR count). The van der Waals surface area contributed by atoms with Crippen LogP contribution in [-0.4, -0.2) is 11.7 Å². The van der Waals surface area contributed by atoms with Crippen LogP contribution in [0.2, 0.25) is 0 Å². The Balaban J connectivity index is 1.76. The molecule has 20 heavy (non-hydrogen) atoms. The summed E-state index contributed by atoms with van der Waals surface area (Å²) < 4.78 is 0. The van der Waals surface area contributed by atoms with Crippen molar-refractivity contribution in [3.8, 4) is 5.75 Å². The smallest absolute Gasteiger partial charge is 0.123 e. The second-order valence-corrected chi connectivity index (χ2v) is 6.20. The SMILES string of the molecule is CC1CCCC(CNc2cccc3c(O)cccc23)C1. The maximum absolute atomic E-state index is 9.92. The molecule has 2 heteroatoms. The van der Waals surface area contributed by atoms with Gasteiger partial charge in [0.05, 0.1) is 0 Å². The molecule has 1 saturated carbocycles. The van der Waals surface area contributed by atoms with Gasteiger partial charge < -0.3 is 10.4 Å². The first kappa shape index (κ1) is 13.3. The third kappa shape index (κ3) is 2.74. The van der Waals surface area contributed by atoms with Gasteiger partial charge in [0.1, 0.15) is 5.75 Å². The van der Waals surface area contributed by atoms with Crippen molar-refractivity contribution in [1.29, 1.82) is 0 Å². The second-order valence-electron chi connectivity index (χ2n) is 6.20. The third-order valence-corrected chi connectivity index (χ3v) is 4.53. The lowest BCUT2D eigenvalue weighted by molar-refractivity contribution is 0.293. The topological polar surface area (TPSA) is 32.3 Å². The molecular weight excluding hydrogens is 246 g/mol. The summed E-state index contributed by atoms with van der Waals surface area (Å²) in [5.74, 6) is 2.01. The van der Waals surface area contributed by atoms with Crippen molar-refractivity contribution < 1.29 is 5.11 Å². The molecule has 0 heterocycles. The minimum atomic E-state index is 0.359. The molecule has 2 nitrogen and oxygen atoms in total. The van der Waals surface area contributed by atoms with Crippen LogP contribution in [0.5, 0.6) is 5.75 Å². The maximum Gasteiger partial charge on any atom is 0.123 e. The predicted octanol–water partition coefficient (Wildman–Crippen LogP) is 4.78. The van der Waals surface area contributed by atoms with E-state index in [1.807, 2.05) is 18.2 Å². The van der Waals surface area contributed by atoms with Crippen LogP contribution in [0.25, 0.3) is 10.8 Å². The van der Waals surface area contributed by atoms with Gasteiger partial charge in [-0.25, -0.2) is 0 Å². The Labute approximate surface area is 120 Å². The van der Waals surface area contributed by atoms with E-state index in [2.05, 4.69) is 24.4 Å². The highest BCUT2D eigenvalue weighted by molar-refractivity contribution is 5.97. The summed E-state index contributed by atoms with van der Waals surface area (Å²) >= 11 is 0. The van der Waals surface area contributed by atoms with Crippen molar-refractivity contribution >= 4 is 16.5 Å². The van der Waals surface area contributed by atoms with Gasteiger partial charge in [-0.2, -0.15) is 0 Å².